The first-order chi connectivity index (χ1) is 8.70. The molecule has 0 amide bonds. The quantitative estimate of drug-likeness (QED) is 0.885. The molecule has 0 aliphatic carbocycles. The molecule has 0 aliphatic heterocycles. The molecular formula is C14H13Cl2NO. The van der Waals surface area contributed by atoms with Crippen LogP contribution >= 0.6 is 23.2 Å². The maximum absolute atomic E-state index is 8.96. The molecule has 94 valence electrons. The van der Waals surface area contributed by atoms with Crippen molar-refractivity contribution in [2.45, 2.75) is 13.2 Å². The molecule has 0 aromatic heterocycles. The number of anilines is 1. The molecule has 0 spiro atoms. The van der Waals surface area contributed by atoms with E-state index in [4.69, 9.17) is 28.3 Å². The highest BCUT2D eigenvalue weighted by Gasteiger charge is 2.04. The minimum Gasteiger partial charge on any atom is -0.392 e. The van der Waals surface area contributed by atoms with Crippen molar-refractivity contribution in [1.82, 2.24) is 0 Å². The van der Waals surface area contributed by atoms with Gasteiger partial charge in [-0.25, -0.2) is 0 Å². The standard InChI is InChI=1S/C14H13Cl2NO/c15-12-2-1-3-13(16)14(12)17-8-10-4-6-11(9-18)7-5-10/h1-7,17-18H,8-9H2. The summed E-state index contributed by atoms with van der Waals surface area (Å²) >= 11 is 12.1. The van der Waals surface area contributed by atoms with E-state index in [-0.39, 0.29) is 6.61 Å². The molecule has 0 unspecified atom stereocenters. The molecule has 0 bridgehead atoms. The fourth-order valence-corrected chi connectivity index (χ4v) is 2.15. The number of hydrogen-bond acceptors (Lipinski definition) is 2. The van der Waals surface area contributed by atoms with Crippen molar-refractivity contribution in [1.29, 1.82) is 0 Å². The van der Waals surface area contributed by atoms with E-state index in [1.165, 1.54) is 0 Å². The van der Waals surface area contributed by atoms with E-state index in [2.05, 4.69) is 5.32 Å². The largest absolute Gasteiger partial charge is 0.392 e. The van der Waals surface area contributed by atoms with Crippen molar-refractivity contribution in [2.75, 3.05) is 5.32 Å². The molecule has 0 atom stereocenters. The van der Waals surface area contributed by atoms with Gasteiger partial charge in [0.05, 0.1) is 22.3 Å². The van der Waals surface area contributed by atoms with Crippen LogP contribution in [-0.2, 0) is 13.2 Å². The third-order valence-corrected chi connectivity index (χ3v) is 3.27. The van der Waals surface area contributed by atoms with Crippen LogP contribution in [0, 0.1) is 0 Å². The van der Waals surface area contributed by atoms with Crippen molar-refractivity contribution in [3.63, 3.8) is 0 Å². The van der Waals surface area contributed by atoms with Gasteiger partial charge in [-0.05, 0) is 23.3 Å². The van der Waals surface area contributed by atoms with Gasteiger partial charge in [-0.15, -0.1) is 0 Å². The highest BCUT2D eigenvalue weighted by molar-refractivity contribution is 6.39. The molecule has 2 aromatic carbocycles. The van der Waals surface area contributed by atoms with Crippen molar-refractivity contribution in [3.05, 3.63) is 63.6 Å². The van der Waals surface area contributed by atoms with Crippen molar-refractivity contribution < 1.29 is 5.11 Å². The second-order valence-electron chi connectivity index (χ2n) is 3.92. The summed E-state index contributed by atoms with van der Waals surface area (Å²) in [5.74, 6) is 0. The Morgan fingerprint density at radius 2 is 1.44 bits per heavy atom. The second-order valence-corrected chi connectivity index (χ2v) is 4.74. The monoisotopic (exact) mass is 281 g/mol. The number of nitrogens with one attached hydrogen (secondary N) is 1. The summed E-state index contributed by atoms with van der Waals surface area (Å²) in [6.45, 7) is 0.694. The summed E-state index contributed by atoms with van der Waals surface area (Å²) in [6.07, 6.45) is 0. The van der Waals surface area contributed by atoms with Crippen LogP contribution in [0.25, 0.3) is 0 Å². The Bertz CT molecular complexity index is 506. The smallest absolute Gasteiger partial charge is 0.0721 e. The van der Waals surface area contributed by atoms with Gasteiger partial charge >= 0.3 is 0 Å². The predicted octanol–water partition coefficient (Wildman–Crippen LogP) is 4.10. The molecule has 0 heterocycles. The maximum Gasteiger partial charge on any atom is 0.0721 e. The van der Waals surface area contributed by atoms with Gasteiger partial charge in [-0.1, -0.05) is 53.5 Å². The average molecular weight is 282 g/mol. The lowest BCUT2D eigenvalue weighted by Crippen LogP contribution is -2.00. The molecule has 4 heteroatoms. The second kappa shape index (κ2) is 6.10. The Balaban J connectivity index is 2.06. The highest BCUT2D eigenvalue weighted by atomic mass is 35.5. The van der Waals surface area contributed by atoms with E-state index in [0.717, 1.165) is 16.8 Å². The first-order valence-electron chi connectivity index (χ1n) is 5.57. The first kappa shape index (κ1) is 13.2. The maximum atomic E-state index is 8.96. The van der Waals surface area contributed by atoms with E-state index >= 15 is 0 Å². The van der Waals surface area contributed by atoms with Crippen LogP contribution in [0.2, 0.25) is 10.0 Å². The van der Waals surface area contributed by atoms with Crippen LogP contribution in [-0.4, -0.2) is 5.11 Å². The summed E-state index contributed by atoms with van der Waals surface area (Å²) < 4.78 is 0. The van der Waals surface area contributed by atoms with Crippen LogP contribution in [0.4, 0.5) is 5.69 Å². The molecule has 2 rings (SSSR count). The molecule has 0 radical (unpaired) electrons. The van der Waals surface area contributed by atoms with E-state index in [1.807, 2.05) is 30.3 Å². The first-order valence-corrected chi connectivity index (χ1v) is 6.33. The van der Waals surface area contributed by atoms with E-state index in [9.17, 15) is 0 Å². The number of para-hydroxylation sites is 1. The summed E-state index contributed by atoms with van der Waals surface area (Å²) in [7, 11) is 0. The van der Waals surface area contributed by atoms with Gasteiger partial charge in [0.1, 0.15) is 0 Å². The van der Waals surface area contributed by atoms with Gasteiger partial charge in [0, 0.05) is 6.54 Å². The zero-order valence-corrected chi connectivity index (χ0v) is 11.2. The van der Waals surface area contributed by atoms with Gasteiger partial charge in [-0.2, -0.15) is 0 Å². The minimum absolute atomic E-state index is 0.0596. The fraction of sp³-hybridized carbons (Fsp3) is 0.143. The average Bonchev–Trinajstić information content (AvgIpc) is 2.39. The number of benzene rings is 2. The van der Waals surface area contributed by atoms with Gasteiger partial charge in [0.25, 0.3) is 0 Å². The van der Waals surface area contributed by atoms with Gasteiger partial charge < -0.3 is 10.4 Å². The normalized spacial score (nSPS) is 10.4. The highest BCUT2D eigenvalue weighted by Crippen LogP contribution is 2.30. The Morgan fingerprint density at radius 1 is 0.889 bits per heavy atom. The van der Waals surface area contributed by atoms with E-state index < -0.39 is 0 Å². The Kier molecular flexibility index (Phi) is 4.48. The molecule has 0 fully saturated rings. The molecule has 0 aliphatic rings. The molecule has 2 aromatic rings. The SMILES string of the molecule is OCc1ccc(CNc2c(Cl)cccc2Cl)cc1. The lowest BCUT2D eigenvalue weighted by Gasteiger charge is -2.10. The Morgan fingerprint density at radius 3 is 2.00 bits per heavy atom. The fourth-order valence-electron chi connectivity index (χ4n) is 1.62. The summed E-state index contributed by atoms with van der Waals surface area (Å²) in [6, 6.07) is 13.1. The summed E-state index contributed by atoms with van der Waals surface area (Å²) in [5.41, 5.74) is 2.74. The molecule has 18 heavy (non-hydrogen) atoms. The van der Waals surface area contributed by atoms with Gasteiger partial charge in [0.15, 0.2) is 0 Å². The van der Waals surface area contributed by atoms with Crippen LogP contribution in [0.3, 0.4) is 0 Å². The molecule has 0 saturated carbocycles. The lowest BCUT2D eigenvalue weighted by atomic mass is 10.1. The third kappa shape index (κ3) is 3.16. The molecule has 0 saturated heterocycles. The molecular weight excluding hydrogens is 269 g/mol. The lowest BCUT2D eigenvalue weighted by molar-refractivity contribution is 0.282. The van der Waals surface area contributed by atoms with Crippen LogP contribution in [0.1, 0.15) is 11.1 Å². The third-order valence-electron chi connectivity index (χ3n) is 2.64. The number of aliphatic hydroxyl groups is 1. The van der Waals surface area contributed by atoms with E-state index in [0.29, 0.717) is 16.6 Å². The van der Waals surface area contributed by atoms with Crippen LogP contribution in [0.15, 0.2) is 42.5 Å². The molecule has 2 nitrogen and oxygen atoms in total. The zero-order chi connectivity index (χ0) is 13.0. The zero-order valence-electron chi connectivity index (χ0n) is 9.66. The summed E-state index contributed by atoms with van der Waals surface area (Å²) in [4.78, 5) is 0. The number of rotatable bonds is 4. The van der Waals surface area contributed by atoms with E-state index in [1.54, 1.807) is 12.1 Å². The van der Waals surface area contributed by atoms with Crippen molar-refractivity contribution in [2.24, 2.45) is 0 Å². The Hall–Kier alpha value is -1.22. The van der Waals surface area contributed by atoms with Crippen molar-refractivity contribution >= 4 is 28.9 Å². The number of hydrogen-bond donors (Lipinski definition) is 2. The van der Waals surface area contributed by atoms with Crippen molar-refractivity contribution in [3.8, 4) is 0 Å². The van der Waals surface area contributed by atoms with Crippen LogP contribution in [0.5, 0.6) is 0 Å². The number of aliphatic hydroxyl groups excluding tert-OH is 1. The van der Waals surface area contributed by atoms with Gasteiger partial charge in [-0.3, -0.25) is 0 Å². The summed E-state index contributed by atoms with van der Waals surface area (Å²) in [5, 5.41) is 13.4. The molecule has 2 N–H and O–H groups in total. The topological polar surface area (TPSA) is 32.3 Å². The predicted molar refractivity (Wildman–Crippen MR) is 76.2 cm³/mol. The number of halogens is 2. The van der Waals surface area contributed by atoms with Gasteiger partial charge in [0.2, 0.25) is 0 Å². The Labute approximate surface area is 116 Å². The minimum atomic E-state index is 0.0596. The van der Waals surface area contributed by atoms with Crippen LogP contribution < -0.4 is 5.32 Å².